The summed E-state index contributed by atoms with van der Waals surface area (Å²) in [4.78, 5) is 29.8. The third kappa shape index (κ3) is 4.52. The van der Waals surface area contributed by atoms with Crippen molar-refractivity contribution in [2.24, 2.45) is 5.92 Å². The molecule has 27 heavy (non-hydrogen) atoms. The van der Waals surface area contributed by atoms with Crippen LogP contribution in [0, 0.1) is 12.8 Å². The van der Waals surface area contributed by atoms with Gasteiger partial charge in [-0.2, -0.15) is 0 Å². The molecule has 0 aliphatic heterocycles. The third-order valence-corrected chi connectivity index (χ3v) is 5.41. The smallest absolute Gasteiger partial charge is 0.252 e. The first-order valence-corrected chi connectivity index (χ1v) is 9.76. The lowest BCUT2D eigenvalue weighted by Crippen LogP contribution is -2.49. The molecular weight excluding hydrogens is 358 g/mol. The largest absolute Gasteiger partial charge is 0.348 e. The van der Waals surface area contributed by atoms with Crippen molar-refractivity contribution < 1.29 is 9.59 Å². The van der Waals surface area contributed by atoms with Crippen LogP contribution in [0.2, 0.25) is 0 Å². The summed E-state index contributed by atoms with van der Waals surface area (Å²) in [6.45, 7) is 6.06. The van der Waals surface area contributed by atoms with Crippen LogP contribution in [-0.4, -0.2) is 22.8 Å². The van der Waals surface area contributed by atoms with E-state index in [1.807, 2.05) is 63.2 Å². The normalized spacial score (nSPS) is 12.1. The van der Waals surface area contributed by atoms with Crippen molar-refractivity contribution in [3.63, 3.8) is 0 Å². The maximum Gasteiger partial charge on any atom is 0.252 e. The molecule has 1 atom stereocenters. The molecule has 140 valence electrons. The van der Waals surface area contributed by atoms with E-state index in [1.165, 1.54) is 0 Å². The summed E-state index contributed by atoms with van der Waals surface area (Å²) >= 11 is 1.56. The molecule has 1 aromatic heterocycles. The Morgan fingerprint density at radius 2 is 1.78 bits per heavy atom. The highest BCUT2D eigenvalue weighted by molar-refractivity contribution is 7.18. The van der Waals surface area contributed by atoms with Crippen molar-refractivity contribution in [3.8, 4) is 0 Å². The van der Waals surface area contributed by atoms with Crippen molar-refractivity contribution in [3.05, 3.63) is 64.7 Å². The molecule has 3 rings (SSSR count). The van der Waals surface area contributed by atoms with E-state index >= 15 is 0 Å². The molecule has 6 heteroatoms. The zero-order valence-electron chi connectivity index (χ0n) is 15.7. The van der Waals surface area contributed by atoms with Crippen LogP contribution in [0.5, 0.6) is 0 Å². The van der Waals surface area contributed by atoms with Gasteiger partial charge in [0.05, 0.1) is 16.8 Å². The molecule has 0 saturated heterocycles. The molecule has 0 aliphatic rings. The highest BCUT2D eigenvalue weighted by Crippen LogP contribution is 2.21. The lowest BCUT2D eigenvalue weighted by molar-refractivity contribution is -0.124. The van der Waals surface area contributed by atoms with Gasteiger partial charge >= 0.3 is 0 Å². The zero-order valence-corrected chi connectivity index (χ0v) is 16.5. The Hall–Kier alpha value is -2.73. The minimum Gasteiger partial charge on any atom is -0.348 e. The van der Waals surface area contributed by atoms with E-state index in [9.17, 15) is 9.59 Å². The molecule has 0 aliphatic carbocycles. The molecular formula is C21H23N3O2S. The van der Waals surface area contributed by atoms with Gasteiger partial charge in [-0.05, 0) is 36.6 Å². The predicted molar refractivity (Wildman–Crippen MR) is 109 cm³/mol. The number of hydrogen-bond donors (Lipinski definition) is 2. The van der Waals surface area contributed by atoms with Crippen molar-refractivity contribution in [1.82, 2.24) is 15.6 Å². The second kappa shape index (κ2) is 8.31. The van der Waals surface area contributed by atoms with E-state index in [-0.39, 0.29) is 17.7 Å². The number of rotatable bonds is 6. The molecule has 0 saturated carbocycles. The van der Waals surface area contributed by atoms with E-state index in [0.717, 1.165) is 20.8 Å². The van der Waals surface area contributed by atoms with Crippen LogP contribution in [0.3, 0.4) is 0 Å². The van der Waals surface area contributed by atoms with Gasteiger partial charge in [0, 0.05) is 5.56 Å². The average molecular weight is 382 g/mol. The lowest BCUT2D eigenvalue weighted by Gasteiger charge is -2.22. The summed E-state index contributed by atoms with van der Waals surface area (Å²) in [5.41, 5.74) is 2.40. The number of nitrogens with zero attached hydrogens (tertiary/aromatic N) is 1. The second-order valence-corrected chi connectivity index (χ2v) is 7.92. The third-order valence-electron chi connectivity index (χ3n) is 4.38. The van der Waals surface area contributed by atoms with Crippen molar-refractivity contribution in [2.45, 2.75) is 33.4 Å². The van der Waals surface area contributed by atoms with Gasteiger partial charge in [0.2, 0.25) is 5.91 Å². The van der Waals surface area contributed by atoms with E-state index in [4.69, 9.17) is 0 Å². The molecule has 1 heterocycles. The number of fused-ring (bicyclic) bond motifs is 1. The van der Waals surface area contributed by atoms with Gasteiger partial charge in [-0.25, -0.2) is 4.98 Å². The summed E-state index contributed by atoms with van der Waals surface area (Å²) in [7, 11) is 0. The van der Waals surface area contributed by atoms with Crippen molar-refractivity contribution in [1.29, 1.82) is 0 Å². The van der Waals surface area contributed by atoms with Gasteiger partial charge in [0.15, 0.2) is 0 Å². The first-order chi connectivity index (χ1) is 13.0. The maximum absolute atomic E-state index is 12.7. The van der Waals surface area contributed by atoms with Crippen LogP contribution in [0.1, 0.15) is 34.8 Å². The van der Waals surface area contributed by atoms with Gasteiger partial charge in [0.1, 0.15) is 11.0 Å². The zero-order chi connectivity index (χ0) is 19.4. The van der Waals surface area contributed by atoms with Gasteiger partial charge < -0.3 is 10.6 Å². The Morgan fingerprint density at radius 1 is 1.07 bits per heavy atom. The first-order valence-electron chi connectivity index (χ1n) is 8.94. The van der Waals surface area contributed by atoms with Crippen LogP contribution in [-0.2, 0) is 11.3 Å². The number of benzene rings is 2. The lowest BCUT2D eigenvalue weighted by atomic mass is 10.0. The molecule has 0 fully saturated rings. The number of carbonyl (C=O) groups excluding carboxylic acids is 2. The van der Waals surface area contributed by atoms with Gasteiger partial charge in [-0.3, -0.25) is 9.59 Å². The van der Waals surface area contributed by atoms with E-state index in [0.29, 0.717) is 12.1 Å². The van der Waals surface area contributed by atoms with Crippen LogP contribution >= 0.6 is 11.3 Å². The molecule has 5 nitrogen and oxygen atoms in total. The number of aromatic nitrogens is 1. The second-order valence-electron chi connectivity index (χ2n) is 6.80. The number of amides is 2. The molecule has 0 spiro atoms. The van der Waals surface area contributed by atoms with Crippen molar-refractivity contribution >= 4 is 33.4 Å². The minimum absolute atomic E-state index is 0.0339. The molecule has 3 aromatic rings. The number of thiazole rings is 1. The minimum atomic E-state index is -0.605. The Balaban J connectivity index is 1.66. The van der Waals surface area contributed by atoms with Crippen LogP contribution < -0.4 is 10.6 Å². The van der Waals surface area contributed by atoms with E-state index < -0.39 is 6.04 Å². The Kier molecular flexibility index (Phi) is 5.86. The summed E-state index contributed by atoms with van der Waals surface area (Å²) in [5, 5.41) is 6.62. The van der Waals surface area contributed by atoms with E-state index in [2.05, 4.69) is 15.6 Å². The SMILES string of the molecule is Cc1ccccc1C(=O)NC(C(=O)NCc1nc2ccccc2s1)C(C)C. The number of para-hydroxylation sites is 1. The van der Waals surface area contributed by atoms with Crippen molar-refractivity contribution in [2.75, 3.05) is 0 Å². The molecule has 0 radical (unpaired) electrons. The summed E-state index contributed by atoms with van der Waals surface area (Å²) in [6.07, 6.45) is 0. The topological polar surface area (TPSA) is 71.1 Å². The number of aryl methyl sites for hydroxylation is 1. The quantitative estimate of drug-likeness (QED) is 0.684. The average Bonchev–Trinajstić information content (AvgIpc) is 3.07. The Bertz CT molecular complexity index is 932. The number of nitrogens with one attached hydrogen (secondary N) is 2. The van der Waals surface area contributed by atoms with Crippen LogP contribution in [0.15, 0.2) is 48.5 Å². The molecule has 0 bridgehead atoms. The highest BCUT2D eigenvalue weighted by Gasteiger charge is 2.25. The van der Waals surface area contributed by atoms with Crippen LogP contribution in [0.25, 0.3) is 10.2 Å². The van der Waals surface area contributed by atoms with Gasteiger partial charge in [0.25, 0.3) is 5.91 Å². The molecule has 2 amide bonds. The maximum atomic E-state index is 12.7. The summed E-state index contributed by atoms with van der Waals surface area (Å²) in [6, 6.07) is 14.6. The summed E-state index contributed by atoms with van der Waals surface area (Å²) < 4.78 is 1.09. The monoisotopic (exact) mass is 381 g/mol. The van der Waals surface area contributed by atoms with Crippen LogP contribution in [0.4, 0.5) is 0 Å². The number of hydrogen-bond acceptors (Lipinski definition) is 4. The fourth-order valence-corrected chi connectivity index (χ4v) is 3.76. The predicted octanol–water partition coefficient (Wildman–Crippen LogP) is 3.68. The molecule has 2 aromatic carbocycles. The van der Waals surface area contributed by atoms with E-state index in [1.54, 1.807) is 17.4 Å². The Labute approximate surface area is 162 Å². The first kappa shape index (κ1) is 19.0. The molecule has 1 unspecified atom stereocenters. The molecule has 2 N–H and O–H groups in total. The van der Waals surface area contributed by atoms with Gasteiger partial charge in [-0.15, -0.1) is 11.3 Å². The fraction of sp³-hybridized carbons (Fsp3) is 0.286. The fourth-order valence-electron chi connectivity index (χ4n) is 2.85. The highest BCUT2D eigenvalue weighted by atomic mass is 32.1. The Morgan fingerprint density at radius 3 is 2.48 bits per heavy atom. The standard InChI is InChI=1S/C21H23N3O2S/c1-13(2)19(24-20(25)15-9-5-4-8-14(15)3)21(26)22-12-18-23-16-10-6-7-11-17(16)27-18/h4-11,13,19H,12H2,1-3H3,(H,22,26)(H,24,25). The summed E-state index contributed by atoms with van der Waals surface area (Å²) in [5.74, 6) is -0.471. The van der Waals surface area contributed by atoms with Gasteiger partial charge in [-0.1, -0.05) is 44.2 Å². The number of carbonyl (C=O) groups is 2.